The van der Waals surface area contributed by atoms with Crippen molar-refractivity contribution >= 4 is 59.1 Å². The Morgan fingerprint density at radius 1 is 0.827 bits per heavy atom. The monoisotopic (exact) mass is 1060 g/mol. The van der Waals surface area contributed by atoms with Crippen LogP contribution < -0.4 is 71.2 Å². The van der Waals surface area contributed by atoms with Crippen molar-refractivity contribution in [3.8, 4) is 11.4 Å². The first-order valence-electron chi connectivity index (χ1n) is 23.8. The number of tetrazole rings is 1. The molecule has 75 heavy (non-hydrogen) atoms. The van der Waals surface area contributed by atoms with Gasteiger partial charge in [-0.1, -0.05) is 32.1 Å². The summed E-state index contributed by atoms with van der Waals surface area (Å²) in [5, 5.41) is 64.4. The number of aliphatic imine (C=N–C) groups is 1. The minimum atomic E-state index is -2.05. The van der Waals surface area contributed by atoms with Gasteiger partial charge in [0.15, 0.2) is 5.96 Å². The molecule has 2 aromatic rings. The number of benzene rings is 1. The first-order chi connectivity index (χ1) is 35.4. The van der Waals surface area contributed by atoms with Crippen LogP contribution in [0.2, 0.25) is 0 Å². The molecule has 1 fully saturated rings. The van der Waals surface area contributed by atoms with E-state index < -0.39 is 127 Å². The normalized spacial score (nSPS) is 23.3. The average Bonchev–Trinajstić information content (AvgIpc) is 3.84. The number of aliphatic hydroxyl groups is 3. The summed E-state index contributed by atoms with van der Waals surface area (Å²) >= 11 is 0. The third-order valence-electron chi connectivity index (χ3n) is 11.3. The molecule has 0 saturated carbocycles. The van der Waals surface area contributed by atoms with Crippen LogP contribution in [0.4, 0.5) is 0 Å². The number of rotatable bonds is 17. The second-order valence-electron chi connectivity index (χ2n) is 17.8. The molecule has 414 valence electrons. The number of β-amino-alcohol motifs (C(OH)–C–C–N with tert-alkyl or cyclic N) is 1. The number of guanidine groups is 1. The van der Waals surface area contributed by atoms with Crippen LogP contribution >= 0.6 is 0 Å². The van der Waals surface area contributed by atoms with Crippen LogP contribution in [0.3, 0.4) is 0 Å². The Bertz CT molecular complexity index is 2380. The van der Waals surface area contributed by atoms with Gasteiger partial charge in [0.05, 0.1) is 12.2 Å². The Hall–Kier alpha value is -7.71. The molecule has 0 aliphatic carbocycles. The van der Waals surface area contributed by atoms with Gasteiger partial charge >= 0.3 is 0 Å². The number of carbonyl (C=O) groups excluding carboxylic acids is 9. The summed E-state index contributed by atoms with van der Waals surface area (Å²) in [5.74, 6) is -9.30. The van der Waals surface area contributed by atoms with Gasteiger partial charge in [0, 0.05) is 51.4 Å². The van der Waals surface area contributed by atoms with E-state index in [1.165, 1.54) is 36.1 Å². The lowest BCUT2D eigenvalue weighted by Crippen LogP contribution is -2.64. The third-order valence-corrected chi connectivity index (χ3v) is 11.3. The summed E-state index contributed by atoms with van der Waals surface area (Å²) in [4.78, 5) is 130. The molecule has 0 bridgehead atoms. The van der Waals surface area contributed by atoms with Crippen LogP contribution in [0.15, 0.2) is 41.0 Å². The smallest absolute Gasteiger partial charge is 0.268 e. The first-order valence-corrected chi connectivity index (χ1v) is 23.8. The number of likely N-dealkylation sites (N-methyl/N-ethyl adjacent to an activating group) is 1. The fraction of sp³-hybridized carbons (Fsp3) is 0.568. The molecular formula is C44H71N19O12. The zero-order chi connectivity index (χ0) is 56.1. The van der Waals surface area contributed by atoms with E-state index in [2.05, 4.69) is 62.9 Å². The number of allylic oxidation sites excluding steroid dienone is 1. The largest absolute Gasteiger partial charge is 0.389 e. The molecule has 1 aliphatic rings. The summed E-state index contributed by atoms with van der Waals surface area (Å²) in [5.41, 5.74) is 27.9. The highest BCUT2D eigenvalue weighted by molar-refractivity contribution is 6.03. The predicted molar refractivity (Wildman–Crippen MR) is 267 cm³/mol. The predicted octanol–water partition coefficient (Wildman–Crippen LogP) is -8.45. The maximum Gasteiger partial charge on any atom is 0.268 e. The van der Waals surface area contributed by atoms with Crippen molar-refractivity contribution in [2.24, 2.45) is 39.6 Å². The van der Waals surface area contributed by atoms with Gasteiger partial charge in [-0.25, -0.2) is 0 Å². The quantitative estimate of drug-likeness (QED) is 0.0303. The summed E-state index contributed by atoms with van der Waals surface area (Å²) in [6, 6.07) is -4.74. The van der Waals surface area contributed by atoms with Gasteiger partial charge in [-0.05, 0) is 62.4 Å². The first kappa shape index (κ1) is 61.6. The van der Waals surface area contributed by atoms with Crippen LogP contribution in [-0.4, -0.2) is 201 Å². The number of nitrogens with zero attached hydrogens (tertiary/aromatic N) is 6. The molecule has 9 amide bonds. The van der Waals surface area contributed by atoms with Crippen molar-refractivity contribution in [1.82, 2.24) is 67.6 Å². The maximum absolute atomic E-state index is 14.1. The van der Waals surface area contributed by atoms with Gasteiger partial charge in [0.1, 0.15) is 54.6 Å². The Labute approximate surface area is 431 Å². The van der Waals surface area contributed by atoms with E-state index in [1.54, 1.807) is 27.9 Å². The molecule has 6 unspecified atom stereocenters. The number of hydrogen-bond donors (Lipinski definition) is 16. The van der Waals surface area contributed by atoms with Gasteiger partial charge in [-0.15, -0.1) is 10.2 Å². The molecule has 1 aromatic carbocycles. The van der Waals surface area contributed by atoms with Crippen molar-refractivity contribution in [2.75, 3.05) is 46.8 Å². The molecule has 1 saturated heterocycles. The second-order valence-corrected chi connectivity index (χ2v) is 17.8. The number of nitrogens with one attached hydrogen (secondary N) is 8. The Kier molecular flexibility index (Phi) is 24.5. The van der Waals surface area contributed by atoms with Crippen molar-refractivity contribution < 1.29 is 58.5 Å². The van der Waals surface area contributed by atoms with Crippen molar-refractivity contribution in [3.05, 3.63) is 41.6 Å². The molecule has 31 nitrogen and oxygen atoms in total. The minimum absolute atomic E-state index is 0.0106. The van der Waals surface area contributed by atoms with Gasteiger partial charge in [0.2, 0.25) is 47.2 Å². The molecule has 3 rings (SSSR count). The molecule has 0 spiro atoms. The highest BCUT2D eigenvalue weighted by Crippen LogP contribution is 2.16. The highest BCUT2D eigenvalue weighted by atomic mass is 16.3. The minimum Gasteiger partial charge on any atom is -0.389 e. The Balaban J connectivity index is 2.11. The third kappa shape index (κ3) is 18.9. The number of amides is 9. The second kappa shape index (κ2) is 29.9. The maximum atomic E-state index is 14.1. The van der Waals surface area contributed by atoms with E-state index in [0.29, 0.717) is 5.56 Å². The lowest BCUT2D eigenvalue weighted by molar-refractivity contribution is -0.137. The summed E-state index contributed by atoms with van der Waals surface area (Å²) in [6.07, 6.45) is -4.92. The zero-order valence-corrected chi connectivity index (χ0v) is 42.3. The van der Waals surface area contributed by atoms with E-state index in [1.807, 2.05) is 0 Å². The topological polar surface area (TPSA) is 500 Å². The van der Waals surface area contributed by atoms with E-state index in [9.17, 15) is 58.5 Å². The standard InChI is InChI=1S/C44H71N19O12/c1-6-24-37(69)54-26(13-14-45)38(70)55-27(16-21(2)3)40(72)53-25(8-7-15-50-44(48)49)39(71)57-33(29(65)18-47)43(75)58-32(28(64)17-46)41(73)51-19-30(66)34(42(74)52-24)56-36(68)23-11-9-22(10-12-23)35-59-61-63(60-35)20-31(67)62(4)5/h6,9-12,21,25-30,32-34,64-66H,7-8,13-20,45-47H2,1-5H3,(H,51,73)(H,52,74)(H,53,72)(H,54,69)(H,55,70)(H,56,68)(H,57,71)(H,58,75)(H4,48,49,50)/b24-6-/t25-,26-,27-,28?,29?,30?,32?,33?,34?/m0/s1. The fourth-order valence-electron chi connectivity index (χ4n) is 7.06. The van der Waals surface area contributed by atoms with Gasteiger partial charge in [-0.3, -0.25) is 48.1 Å². The van der Waals surface area contributed by atoms with Crippen molar-refractivity contribution in [1.29, 1.82) is 0 Å². The van der Waals surface area contributed by atoms with Gasteiger partial charge in [-0.2, -0.15) is 4.80 Å². The number of carbonyl (C=O) groups is 9. The number of nitrogens with two attached hydrogens (primary N) is 5. The number of aromatic nitrogens is 4. The van der Waals surface area contributed by atoms with Gasteiger partial charge < -0.3 is 91.4 Å². The molecular weight excluding hydrogens is 987 g/mol. The summed E-state index contributed by atoms with van der Waals surface area (Å²) < 4.78 is 0. The van der Waals surface area contributed by atoms with Crippen molar-refractivity contribution in [2.45, 2.75) is 108 Å². The number of hydrogen-bond acceptors (Lipinski definition) is 19. The average molecular weight is 1060 g/mol. The van der Waals surface area contributed by atoms with Crippen LogP contribution in [0, 0.1) is 5.92 Å². The number of aliphatic hydroxyl groups excluding tert-OH is 3. The van der Waals surface area contributed by atoms with E-state index in [0.717, 1.165) is 10.9 Å². The zero-order valence-electron chi connectivity index (χ0n) is 42.3. The Morgan fingerprint density at radius 2 is 1.40 bits per heavy atom. The van der Waals surface area contributed by atoms with Gasteiger partial charge in [0.25, 0.3) is 11.8 Å². The van der Waals surface area contributed by atoms with Crippen LogP contribution in [0.5, 0.6) is 0 Å². The molecule has 2 heterocycles. The Morgan fingerprint density at radius 3 is 1.97 bits per heavy atom. The SMILES string of the molecule is C/C=C1\NC(=O)C(NC(=O)c2ccc(-c3nnn(CC(=O)N(C)C)n3)cc2)C(O)CNC(=O)C(C(O)CN)NC(=O)C(C(O)CN)NC(=O)[C@H](CCCN=C(N)N)NC(=O)[C@H](CC(C)C)NC(=O)[C@H](CCN)NC1=O. The fourth-order valence-corrected chi connectivity index (χ4v) is 7.06. The van der Waals surface area contributed by atoms with E-state index in [-0.39, 0.29) is 74.5 Å². The molecule has 21 N–H and O–H groups in total. The molecule has 9 atom stereocenters. The lowest BCUT2D eigenvalue weighted by Gasteiger charge is -2.30. The molecule has 0 radical (unpaired) electrons. The molecule has 1 aromatic heterocycles. The van der Waals surface area contributed by atoms with Crippen molar-refractivity contribution in [3.63, 3.8) is 0 Å². The summed E-state index contributed by atoms with van der Waals surface area (Å²) in [6.45, 7) is 2.27. The highest BCUT2D eigenvalue weighted by Gasteiger charge is 2.38. The molecule has 1 aliphatic heterocycles. The van der Waals surface area contributed by atoms with Crippen LogP contribution in [0.25, 0.3) is 11.4 Å². The molecule has 31 heteroatoms. The van der Waals surface area contributed by atoms with Crippen LogP contribution in [0.1, 0.15) is 56.8 Å². The lowest BCUT2D eigenvalue weighted by atomic mass is 10.0. The van der Waals surface area contributed by atoms with E-state index >= 15 is 0 Å². The van der Waals surface area contributed by atoms with Crippen LogP contribution in [-0.2, 0) is 44.9 Å². The summed E-state index contributed by atoms with van der Waals surface area (Å²) in [7, 11) is 3.12. The van der Waals surface area contributed by atoms with E-state index in [4.69, 9.17) is 28.7 Å².